The van der Waals surface area contributed by atoms with Crippen LogP contribution in [-0.4, -0.2) is 30.7 Å². The standard InChI is InChI=1S/C10H18O3/c1-8(2)9(11)4-5-10-12-6-3-7-13-10/h9-11H,1,3-7H2,2H3. The fraction of sp³-hybridized carbons (Fsp3) is 0.800. The molecule has 0 radical (unpaired) electrons. The molecule has 1 rings (SSSR count). The first-order valence-corrected chi connectivity index (χ1v) is 4.77. The monoisotopic (exact) mass is 186 g/mol. The fourth-order valence-electron chi connectivity index (χ4n) is 1.24. The first-order valence-electron chi connectivity index (χ1n) is 4.77. The maximum Gasteiger partial charge on any atom is 0.157 e. The summed E-state index contributed by atoms with van der Waals surface area (Å²) in [4.78, 5) is 0. The molecular formula is C10H18O3. The number of ether oxygens (including phenoxy) is 2. The van der Waals surface area contributed by atoms with E-state index in [0.29, 0.717) is 6.42 Å². The van der Waals surface area contributed by atoms with Crippen LogP contribution < -0.4 is 0 Å². The van der Waals surface area contributed by atoms with E-state index in [4.69, 9.17) is 9.47 Å². The summed E-state index contributed by atoms with van der Waals surface area (Å²) < 4.78 is 10.7. The Bertz CT molecular complexity index is 162. The van der Waals surface area contributed by atoms with E-state index in [1.54, 1.807) is 0 Å². The Hall–Kier alpha value is -0.380. The zero-order chi connectivity index (χ0) is 9.68. The minimum absolute atomic E-state index is 0.122. The zero-order valence-electron chi connectivity index (χ0n) is 8.16. The molecule has 0 aromatic carbocycles. The van der Waals surface area contributed by atoms with Crippen LogP contribution in [0.4, 0.5) is 0 Å². The summed E-state index contributed by atoms with van der Waals surface area (Å²) in [6, 6.07) is 0. The normalized spacial score (nSPS) is 21.4. The molecule has 3 heteroatoms. The number of hydrogen-bond acceptors (Lipinski definition) is 3. The number of aliphatic hydroxyl groups excluding tert-OH is 1. The highest BCUT2D eigenvalue weighted by atomic mass is 16.7. The van der Waals surface area contributed by atoms with Gasteiger partial charge >= 0.3 is 0 Å². The number of rotatable bonds is 4. The van der Waals surface area contributed by atoms with Crippen molar-refractivity contribution >= 4 is 0 Å². The van der Waals surface area contributed by atoms with Gasteiger partial charge in [0.2, 0.25) is 0 Å². The predicted octanol–water partition coefficient (Wildman–Crippen LogP) is 1.47. The third-order valence-corrected chi connectivity index (χ3v) is 2.14. The minimum atomic E-state index is -0.422. The van der Waals surface area contributed by atoms with E-state index in [2.05, 4.69) is 6.58 Å². The average molecular weight is 186 g/mol. The number of aliphatic hydroxyl groups is 1. The smallest absolute Gasteiger partial charge is 0.157 e. The third-order valence-electron chi connectivity index (χ3n) is 2.14. The van der Waals surface area contributed by atoms with Gasteiger partial charge in [0, 0.05) is 6.42 Å². The zero-order valence-corrected chi connectivity index (χ0v) is 8.16. The molecule has 0 amide bonds. The van der Waals surface area contributed by atoms with Crippen molar-refractivity contribution in [3.05, 3.63) is 12.2 Å². The molecule has 0 aliphatic carbocycles. The summed E-state index contributed by atoms with van der Waals surface area (Å²) in [7, 11) is 0. The Morgan fingerprint density at radius 1 is 1.54 bits per heavy atom. The van der Waals surface area contributed by atoms with Gasteiger partial charge in [0.15, 0.2) is 6.29 Å². The van der Waals surface area contributed by atoms with E-state index >= 15 is 0 Å². The van der Waals surface area contributed by atoms with Gasteiger partial charge in [-0.05, 0) is 19.8 Å². The van der Waals surface area contributed by atoms with Crippen LogP contribution in [0.25, 0.3) is 0 Å². The van der Waals surface area contributed by atoms with Gasteiger partial charge in [-0.25, -0.2) is 0 Å². The molecule has 1 saturated heterocycles. The van der Waals surface area contributed by atoms with E-state index in [0.717, 1.165) is 31.6 Å². The van der Waals surface area contributed by atoms with E-state index in [1.165, 1.54) is 0 Å². The molecule has 0 aromatic rings. The van der Waals surface area contributed by atoms with Crippen molar-refractivity contribution in [1.82, 2.24) is 0 Å². The molecule has 1 unspecified atom stereocenters. The van der Waals surface area contributed by atoms with Crippen LogP contribution in [0, 0.1) is 0 Å². The topological polar surface area (TPSA) is 38.7 Å². The van der Waals surface area contributed by atoms with Crippen molar-refractivity contribution < 1.29 is 14.6 Å². The van der Waals surface area contributed by atoms with Crippen LogP contribution in [0.5, 0.6) is 0 Å². The summed E-state index contributed by atoms with van der Waals surface area (Å²) in [5, 5.41) is 9.45. The SMILES string of the molecule is C=C(C)C(O)CCC1OCCCO1. The largest absolute Gasteiger partial charge is 0.389 e. The van der Waals surface area contributed by atoms with Crippen molar-refractivity contribution in [3.63, 3.8) is 0 Å². The van der Waals surface area contributed by atoms with Crippen molar-refractivity contribution in [2.45, 2.75) is 38.6 Å². The summed E-state index contributed by atoms with van der Waals surface area (Å²) >= 11 is 0. The number of hydrogen-bond donors (Lipinski definition) is 1. The van der Waals surface area contributed by atoms with Crippen LogP contribution in [0.2, 0.25) is 0 Å². The van der Waals surface area contributed by atoms with Crippen molar-refractivity contribution in [1.29, 1.82) is 0 Å². The van der Waals surface area contributed by atoms with Crippen molar-refractivity contribution in [3.8, 4) is 0 Å². The van der Waals surface area contributed by atoms with Gasteiger partial charge in [-0.15, -0.1) is 0 Å². The maximum atomic E-state index is 9.45. The van der Waals surface area contributed by atoms with Gasteiger partial charge in [-0.3, -0.25) is 0 Å². The molecule has 1 atom stereocenters. The highest BCUT2D eigenvalue weighted by Gasteiger charge is 2.15. The fourth-order valence-corrected chi connectivity index (χ4v) is 1.24. The van der Waals surface area contributed by atoms with E-state index in [-0.39, 0.29) is 6.29 Å². The van der Waals surface area contributed by atoms with Gasteiger partial charge in [-0.1, -0.05) is 12.2 Å². The van der Waals surface area contributed by atoms with Crippen molar-refractivity contribution in [2.75, 3.05) is 13.2 Å². The van der Waals surface area contributed by atoms with Gasteiger partial charge in [0.05, 0.1) is 19.3 Å². The first kappa shape index (κ1) is 10.7. The molecule has 0 bridgehead atoms. The summed E-state index contributed by atoms with van der Waals surface area (Å²) in [5.74, 6) is 0. The van der Waals surface area contributed by atoms with Crippen LogP contribution in [0.3, 0.4) is 0 Å². The molecule has 1 aliphatic rings. The van der Waals surface area contributed by atoms with Gasteiger partial charge < -0.3 is 14.6 Å². The van der Waals surface area contributed by atoms with E-state index in [9.17, 15) is 5.11 Å². The van der Waals surface area contributed by atoms with E-state index < -0.39 is 6.10 Å². The summed E-state index contributed by atoms with van der Waals surface area (Å²) in [6.07, 6.45) is 1.84. The Balaban J connectivity index is 2.13. The predicted molar refractivity (Wildman–Crippen MR) is 50.4 cm³/mol. The van der Waals surface area contributed by atoms with Crippen LogP contribution in [0.15, 0.2) is 12.2 Å². The lowest BCUT2D eigenvalue weighted by atomic mass is 10.1. The second kappa shape index (κ2) is 5.37. The molecule has 1 fully saturated rings. The summed E-state index contributed by atoms with van der Waals surface area (Å²) in [5.41, 5.74) is 0.802. The molecule has 1 heterocycles. The Kier molecular flexibility index (Phi) is 4.42. The molecule has 1 N–H and O–H groups in total. The van der Waals surface area contributed by atoms with Crippen LogP contribution in [0.1, 0.15) is 26.2 Å². The van der Waals surface area contributed by atoms with Gasteiger partial charge in [-0.2, -0.15) is 0 Å². The molecule has 1 aliphatic heterocycles. The average Bonchev–Trinajstić information content (AvgIpc) is 2.15. The quantitative estimate of drug-likeness (QED) is 0.676. The van der Waals surface area contributed by atoms with Crippen LogP contribution in [-0.2, 0) is 9.47 Å². The van der Waals surface area contributed by atoms with Gasteiger partial charge in [0.1, 0.15) is 0 Å². The lowest BCUT2D eigenvalue weighted by Gasteiger charge is -2.24. The van der Waals surface area contributed by atoms with Gasteiger partial charge in [0.25, 0.3) is 0 Å². The lowest BCUT2D eigenvalue weighted by Crippen LogP contribution is -2.26. The second-order valence-corrected chi connectivity index (χ2v) is 3.46. The molecule has 13 heavy (non-hydrogen) atoms. The highest BCUT2D eigenvalue weighted by molar-refractivity contribution is 4.96. The summed E-state index contributed by atoms with van der Waals surface area (Å²) in [6.45, 7) is 7.06. The highest BCUT2D eigenvalue weighted by Crippen LogP contribution is 2.14. The Morgan fingerprint density at radius 2 is 2.15 bits per heavy atom. The second-order valence-electron chi connectivity index (χ2n) is 3.46. The Morgan fingerprint density at radius 3 is 2.69 bits per heavy atom. The molecule has 0 aromatic heterocycles. The first-order chi connectivity index (χ1) is 6.20. The molecule has 0 saturated carbocycles. The molecule has 0 spiro atoms. The Labute approximate surface area is 79.3 Å². The van der Waals surface area contributed by atoms with Crippen molar-refractivity contribution in [2.24, 2.45) is 0 Å². The minimum Gasteiger partial charge on any atom is -0.389 e. The molecule has 3 nitrogen and oxygen atoms in total. The molecule has 76 valence electrons. The van der Waals surface area contributed by atoms with E-state index in [1.807, 2.05) is 6.92 Å². The van der Waals surface area contributed by atoms with Crippen LogP contribution >= 0.6 is 0 Å². The maximum absolute atomic E-state index is 9.45. The molecular weight excluding hydrogens is 168 g/mol. The lowest BCUT2D eigenvalue weighted by molar-refractivity contribution is -0.183. The third kappa shape index (κ3) is 3.89.